The molecular weight excluding hydrogens is 241 g/mol. The number of para-hydroxylation sites is 1. The van der Waals surface area contributed by atoms with Crippen molar-refractivity contribution in [2.24, 2.45) is 0 Å². The predicted octanol–water partition coefficient (Wildman–Crippen LogP) is 3.85. The third-order valence-electron chi connectivity index (χ3n) is 3.27. The number of benzene rings is 1. The van der Waals surface area contributed by atoms with Crippen LogP contribution >= 0.6 is 11.6 Å². The highest BCUT2D eigenvalue weighted by atomic mass is 35.5. The predicted molar refractivity (Wildman–Crippen MR) is 68.1 cm³/mol. The molecule has 2 rings (SSSR count). The summed E-state index contributed by atoms with van der Waals surface area (Å²) in [6.07, 6.45) is 4.39. The first kappa shape index (κ1) is 12.7. The van der Waals surface area contributed by atoms with Crippen molar-refractivity contribution in [2.45, 2.75) is 37.8 Å². The molecule has 1 aromatic carbocycles. The van der Waals surface area contributed by atoms with E-state index >= 15 is 0 Å². The van der Waals surface area contributed by atoms with Gasteiger partial charge in [-0.3, -0.25) is 0 Å². The second-order valence-electron chi connectivity index (χ2n) is 4.46. The maximum atomic E-state index is 13.6. The van der Waals surface area contributed by atoms with Gasteiger partial charge in [-0.05, 0) is 37.8 Å². The Labute approximate surface area is 106 Å². The highest BCUT2D eigenvalue weighted by molar-refractivity contribution is 6.33. The molecule has 1 aliphatic rings. The summed E-state index contributed by atoms with van der Waals surface area (Å²) in [5, 5.41) is 3.63. The normalized spacial score (nSPS) is 24.6. The minimum absolute atomic E-state index is 0.239. The SMILES string of the molecule is COC1CCCC(Nc2c(F)cccc2Cl)C1. The van der Waals surface area contributed by atoms with Crippen molar-refractivity contribution in [3.05, 3.63) is 29.0 Å². The minimum Gasteiger partial charge on any atom is -0.381 e. The van der Waals surface area contributed by atoms with E-state index in [1.165, 1.54) is 6.07 Å². The monoisotopic (exact) mass is 257 g/mol. The van der Waals surface area contributed by atoms with Gasteiger partial charge in [0.1, 0.15) is 5.82 Å². The summed E-state index contributed by atoms with van der Waals surface area (Å²) in [7, 11) is 1.73. The Morgan fingerprint density at radius 2 is 2.24 bits per heavy atom. The van der Waals surface area contributed by atoms with Crippen LogP contribution in [-0.2, 0) is 4.74 Å². The van der Waals surface area contributed by atoms with Crippen LogP contribution in [0.1, 0.15) is 25.7 Å². The van der Waals surface area contributed by atoms with Crippen molar-refractivity contribution in [1.82, 2.24) is 0 Å². The third kappa shape index (κ3) is 3.11. The van der Waals surface area contributed by atoms with Crippen LogP contribution in [0.25, 0.3) is 0 Å². The Morgan fingerprint density at radius 3 is 2.94 bits per heavy atom. The molecular formula is C13H17ClFNO. The van der Waals surface area contributed by atoms with Gasteiger partial charge in [0.15, 0.2) is 0 Å². The highest BCUT2D eigenvalue weighted by Crippen LogP contribution is 2.29. The van der Waals surface area contributed by atoms with Crippen molar-refractivity contribution in [3.8, 4) is 0 Å². The largest absolute Gasteiger partial charge is 0.381 e. The number of ether oxygens (including phenoxy) is 1. The van der Waals surface area contributed by atoms with Crippen LogP contribution < -0.4 is 5.32 Å². The molecule has 0 bridgehead atoms. The summed E-state index contributed by atoms with van der Waals surface area (Å²) < 4.78 is 19.0. The number of hydrogen-bond acceptors (Lipinski definition) is 2. The zero-order valence-electron chi connectivity index (χ0n) is 9.88. The molecule has 4 heteroatoms. The number of nitrogens with one attached hydrogen (secondary N) is 1. The van der Waals surface area contributed by atoms with Crippen LogP contribution in [0, 0.1) is 5.82 Å². The summed E-state index contributed by atoms with van der Waals surface area (Å²) in [5.41, 5.74) is 0.413. The van der Waals surface area contributed by atoms with E-state index < -0.39 is 0 Å². The quantitative estimate of drug-likeness (QED) is 0.888. The molecule has 2 atom stereocenters. The molecule has 0 radical (unpaired) electrons. The van der Waals surface area contributed by atoms with Gasteiger partial charge in [-0.2, -0.15) is 0 Å². The first-order valence-corrected chi connectivity index (χ1v) is 6.32. The average molecular weight is 258 g/mol. The molecule has 2 nitrogen and oxygen atoms in total. The fourth-order valence-electron chi connectivity index (χ4n) is 2.33. The van der Waals surface area contributed by atoms with Crippen LogP contribution in [0.5, 0.6) is 0 Å². The van der Waals surface area contributed by atoms with E-state index in [4.69, 9.17) is 16.3 Å². The van der Waals surface area contributed by atoms with Gasteiger partial charge in [-0.1, -0.05) is 17.7 Å². The molecule has 1 aliphatic carbocycles. The average Bonchev–Trinajstić information content (AvgIpc) is 2.34. The molecule has 0 amide bonds. The third-order valence-corrected chi connectivity index (χ3v) is 3.59. The summed E-state index contributed by atoms with van der Waals surface area (Å²) in [5.74, 6) is -0.294. The van der Waals surface area contributed by atoms with Crippen molar-refractivity contribution in [1.29, 1.82) is 0 Å². The lowest BCUT2D eigenvalue weighted by Gasteiger charge is -2.29. The van der Waals surface area contributed by atoms with E-state index in [2.05, 4.69) is 5.32 Å². The number of halogens is 2. The molecule has 1 N–H and O–H groups in total. The maximum Gasteiger partial charge on any atom is 0.147 e. The van der Waals surface area contributed by atoms with Crippen LogP contribution in [0.15, 0.2) is 18.2 Å². The first-order valence-electron chi connectivity index (χ1n) is 5.94. The molecule has 94 valence electrons. The van der Waals surface area contributed by atoms with Crippen molar-refractivity contribution in [2.75, 3.05) is 12.4 Å². The maximum absolute atomic E-state index is 13.6. The molecule has 0 aliphatic heterocycles. The fraction of sp³-hybridized carbons (Fsp3) is 0.538. The Balaban J connectivity index is 2.05. The van der Waals surface area contributed by atoms with Crippen molar-refractivity contribution in [3.63, 3.8) is 0 Å². The van der Waals surface area contributed by atoms with Gasteiger partial charge in [0.25, 0.3) is 0 Å². The summed E-state index contributed by atoms with van der Waals surface area (Å²) in [6, 6.07) is 4.97. The Bertz CT molecular complexity index is 365. The number of methoxy groups -OCH3 is 1. The molecule has 1 aromatic rings. The molecule has 0 spiro atoms. The lowest BCUT2D eigenvalue weighted by molar-refractivity contribution is 0.0669. The molecule has 0 heterocycles. The number of hydrogen-bond donors (Lipinski definition) is 1. The number of anilines is 1. The molecule has 1 saturated carbocycles. The van der Waals surface area contributed by atoms with E-state index in [0.717, 1.165) is 25.7 Å². The van der Waals surface area contributed by atoms with Gasteiger partial charge >= 0.3 is 0 Å². The van der Waals surface area contributed by atoms with Gasteiger partial charge in [-0.25, -0.2) is 4.39 Å². The zero-order valence-corrected chi connectivity index (χ0v) is 10.6. The van der Waals surface area contributed by atoms with Gasteiger partial charge < -0.3 is 10.1 Å². The van der Waals surface area contributed by atoms with Gasteiger partial charge in [-0.15, -0.1) is 0 Å². The van der Waals surface area contributed by atoms with Crippen molar-refractivity contribution < 1.29 is 9.13 Å². The lowest BCUT2D eigenvalue weighted by Crippen LogP contribution is -2.31. The molecule has 17 heavy (non-hydrogen) atoms. The van der Waals surface area contributed by atoms with E-state index in [0.29, 0.717) is 10.7 Å². The Hall–Kier alpha value is -0.800. The second-order valence-corrected chi connectivity index (χ2v) is 4.87. The fourth-order valence-corrected chi connectivity index (χ4v) is 2.55. The summed E-state index contributed by atoms with van der Waals surface area (Å²) >= 11 is 5.99. The Kier molecular flexibility index (Phi) is 4.24. The zero-order chi connectivity index (χ0) is 12.3. The number of rotatable bonds is 3. The molecule has 1 fully saturated rings. The van der Waals surface area contributed by atoms with E-state index in [1.807, 2.05) is 0 Å². The first-order chi connectivity index (χ1) is 8.20. The highest BCUT2D eigenvalue weighted by Gasteiger charge is 2.22. The summed E-state index contributed by atoms with van der Waals surface area (Å²) in [4.78, 5) is 0. The van der Waals surface area contributed by atoms with Crippen molar-refractivity contribution >= 4 is 17.3 Å². The Morgan fingerprint density at radius 1 is 1.41 bits per heavy atom. The van der Waals surface area contributed by atoms with Crippen LogP contribution in [0.3, 0.4) is 0 Å². The molecule has 0 aromatic heterocycles. The lowest BCUT2D eigenvalue weighted by atomic mass is 9.92. The van der Waals surface area contributed by atoms with Gasteiger partial charge in [0.2, 0.25) is 0 Å². The minimum atomic E-state index is -0.294. The van der Waals surface area contributed by atoms with Crippen LogP contribution in [0.4, 0.5) is 10.1 Å². The van der Waals surface area contributed by atoms with Gasteiger partial charge in [0, 0.05) is 13.2 Å². The van der Waals surface area contributed by atoms with Crippen LogP contribution in [0.2, 0.25) is 5.02 Å². The van der Waals surface area contributed by atoms with Gasteiger partial charge in [0.05, 0.1) is 16.8 Å². The topological polar surface area (TPSA) is 21.3 Å². The van der Waals surface area contributed by atoms with E-state index in [9.17, 15) is 4.39 Å². The second kappa shape index (κ2) is 5.69. The summed E-state index contributed by atoms with van der Waals surface area (Å²) in [6.45, 7) is 0. The van der Waals surface area contributed by atoms with E-state index in [1.54, 1.807) is 19.2 Å². The smallest absolute Gasteiger partial charge is 0.147 e. The van der Waals surface area contributed by atoms with E-state index in [-0.39, 0.29) is 18.0 Å². The molecule has 2 unspecified atom stereocenters. The standard InChI is InChI=1S/C13H17ClFNO/c1-17-10-5-2-4-9(8-10)16-13-11(14)6-3-7-12(13)15/h3,6-7,9-10,16H,2,4-5,8H2,1H3. The molecule has 0 saturated heterocycles. The van der Waals surface area contributed by atoms with Crippen LogP contribution in [-0.4, -0.2) is 19.3 Å².